The van der Waals surface area contributed by atoms with Crippen LogP contribution in [0.2, 0.25) is 0 Å². The van der Waals surface area contributed by atoms with Crippen LogP contribution in [0.1, 0.15) is 37.7 Å². The summed E-state index contributed by atoms with van der Waals surface area (Å²) in [4.78, 5) is 4.03. The monoisotopic (exact) mass is 357 g/mol. The minimum absolute atomic E-state index is 0.0890. The molecule has 140 valence electrons. The van der Waals surface area contributed by atoms with Crippen LogP contribution in [0.3, 0.4) is 0 Å². The molecular formula is C18H26F3N3O. The van der Waals surface area contributed by atoms with E-state index < -0.39 is 12.6 Å². The lowest BCUT2D eigenvalue weighted by atomic mass is 9.78. The van der Waals surface area contributed by atoms with Crippen molar-refractivity contribution in [1.29, 1.82) is 0 Å². The largest absolute Gasteiger partial charge is 0.496 e. The highest BCUT2D eigenvalue weighted by Crippen LogP contribution is 2.44. The molecule has 0 spiro atoms. The molecule has 0 bridgehead atoms. The van der Waals surface area contributed by atoms with Gasteiger partial charge in [0.05, 0.1) is 13.5 Å². The van der Waals surface area contributed by atoms with Gasteiger partial charge in [-0.05, 0) is 18.9 Å². The van der Waals surface area contributed by atoms with Gasteiger partial charge in [-0.3, -0.25) is 4.99 Å². The second-order valence-electron chi connectivity index (χ2n) is 6.41. The van der Waals surface area contributed by atoms with Gasteiger partial charge < -0.3 is 15.4 Å². The Labute approximate surface area is 146 Å². The highest BCUT2D eigenvalue weighted by atomic mass is 19.4. The third kappa shape index (κ3) is 5.28. The van der Waals surface area contributed by atoms with Gasteiger partial charge in [0.1, 0.15) is 5.75 Å². The molecule has 0 heterocycles. The zero-order valence-electron chi connectivity index (χ0n) is 14.7. The van der Waals surface area contributed by atoms with Crippen molar-refractivity contribution < 1.29 is 17.9 Å². The summed E-state index contributed by atoms with van der Waals surface area (Å²) in [5.41, 5.74) is 1.06. The summed E-state index contributed by atoms with van der Waals surface area (Å²) in [6.45, 7) is 0.421. The summed E-state index contributed by atoms with van der Waals surface area (Å²) >= 11 is 0. The first-order valence-corrected chi connectivity index (χ1v) is 8.55. The summed E-state index contributed by atoms with van der Waals surface area (Å²) in [5.74, 6) is 1.25. The molecule has 1 aromatic carbocycles. The van der Waals surface area contributed by atoms with Crippen LogP contribution in [0.25, 0.3) is 0 Å². The highest BCUT2D eigenvalue weighted by molar-refractivity contribution is 5.79. The number of ether oxygens (including phenoxy) is 1. The number of hydrogen-bond acceptors (Lipinski definition) is 2. The number of rotatable bonds is 6. The van der Waals surface area contributed by atoms with Crippen LogP contribution >= 0.6 is 0 Å². The number of benzene rings is 1. The molecule has 0 unspecified atom stereocenters. The maximum absolute atomic E-state index is 12.3. The van der Waals surface area contributed by atoms with E-state index >= 15 is 0 Å². The van der Waals surface area contributed by atoms with Gasteiger partial charge >= 0.3 is 6.18 Å². The van der Waals surface area contributed by atoms with Crippen LogP contribution < -0.4 is 15.4 Å². The van der Waals surface area contributed by atoms with E-state index in [2.05, 4.69) is 21.7 Å². The normalized spacial score (nSPS) is 17.4. The van der Waals surface area contributed by atoms with Gasteiger partial charge in [-0.15, -0.1) is 0 Å². The first kappa shape index (κ1) is 19.4. The van der Waals surface area contributed by atoms with E-state index in [0.29, 0.717) is 12.5 Å². The molecule has 0 atom stereocenters. The Morgan fingerprint density at radius 2 is 1.88 bits per heavy atom. The lowest BCUT2D eigenvalue weighted by molar-refractivity contribution is -0.132. The standard InChI is InChI=1S/C18H26F3N3O/c1-22-16(23-12-11-18(19,20)21)24-13-17(9-5-6-10-17)14-7-3-4-8-15(14)25-2/h3-4,7-8H,5-6,9-13H2,1-2H3,(H2,22,23,24). The number of methoxy groups -OCH3 is 1. The molecule has 25 heavy (non-hydrogen) atoms. The molecule has 0 radical (unpaired) electrons. The van der Waals surface area contributed by atoms with Crippen molar-refractivity contribution in [2.45, 2.75) is 43.7 Å². The van der Waals surface area contributed by atoms with Gasteiger partial charge in [-0.25, -0.2) is 0 Å². The van der Waals surface area contributed by atoms with Gasteiger partial charge in [-0.1, -0.05) is 31.0 Å². The second-order valence-corrected chi connectivity index (χ2v) is 6.41. The molecule has 1 aliphatic carbocycles. The van der Waals surface area contributed by atoms with Crippen LogP contribution in [0.5, 0.6) is 5.75 Å². The minimum atomic E-state index is -4.17. The molecule has 7 heteroatoms. The van der Waals surface area contributed by atoms with E-state index in [1.807, 2.05) is 18.2 Å². The van der Waals surface area contributed by atoms with Gasteiger partial charge in [0.25, 0.3) is 0 Å². The number of guanidine groups is 1. The Morgan fingerprint density at radius 1 is 1.20 bits per heavy atom. The molecule has 4 nitrogen and oxygen atoms in total. The van der Waals surface area contributed by atoms with Crippen molar-refractivity contribution >= 4 is 5.96 Å². The zero-order chi connectivity index (χ0) is 18.3. The van der Waals surface area contributed by atoms with Crippen LogP contribution in [0.15, 0.2) is 29.3 Å². The fourth-order valence-corrected chi connectivity index (χ4v) is 3.47. The van der Waals surface area contributed by atoms with E-state index in [0.717, 1.165) is 37.0 Å². The average Bonchev–Trinajstić information content (AvgIpc) is 3.07. The molecule has 1 fully saturated rings. The number of aliphatic imine (C=N–C) groups is 1. The summed E-state index contributed by atoms with van der Waals surface area (Å²) < 4.78 is 42.4. The maximum atomic E-state index is 12.3. The average molecular weight is 357 g/mol. The highest BCUT2D eigenvalue weighted by Gasteiger charge is 2.37. The first-order valence-electron chi connectivity index (χ1n) is 8.55. The van der Waals surface area contributed by atoms with Gasteiger partial charge in [-0.2, -0.15) is 13.2 Å². The third-order valence-corrected chi connectivity index (χ3v) is 4.76. The lowest BCUT2D eigenvalue weighted by Gasteiger charge is -2.32. The Morgan fingerprint density at radius 3 is 2.48 bits per heavy atom. The van der Waals surface area contributed by atoms with E-state index in [4.69, 9.17) is 4.74 Å². The van der Waals surface area contributed by atoms with Gasteiger partial charge in [0.2, 0.25) is 0 Å². The predicted octanol–water partition coefficient (Wildman–Crippen LogP) is 3.62. The summed E-state index contributed by atoms with van der Waals surface area (Å²) in [6.07, 6.45) is -0.777. The van der Waals surface area contributed by atoms with Crippen molar-refractivity contribution in [2.24, 2.45) is 4.99 Å². The lowest BCUT2D eigenvalue weighted by Crippen LogP contribution is -2.45. The maximum Gasteiger partial charge on any atom is 0.390 e. The van der Waals surface area contributed by atoms with Crippen LogP contribution in [-0.4, -0.2) is 39.4 Å². The second kappa shape index (κ2) is 8.45. The quantitative estimate of drug-likeness (QED) is 0.604. The van der Waals surface area contributed by atoms with Crippen molar-refractivity contribution in [3.63, 3.8) is 0 Å². The number of nitrogens with zero attached hydrogens (tertiary/aromatic N) is 1. The molecule has 0 aromatic heterocycles. The van der Waals surface area contributed by atoms with E-state index in [9.17, 15) is 13.2 Å². The number of nitrogens with one attached hydrogen (secondary N) is 2. The number of hydrogen-bond donors (Lipinski definition) is 2. The van der Waals surface area contributed by atoms with Gasteiger partial charge in [0, 0.05) is 31.1 Å². The molecule has 1 aromatic rings. The predicted molar refractivity (Wildman–Crippen MR) is 93.2 cm³/mol. The van der Waals surface area contributed by atoms with Crippen molar-refractivity contribution in [3.05, 3.63) is 29.8 Å². The Kier molecular flexibility index (Phi) is 6.56. The van der Waals surface area contributed by atoms with Crippen molar-refractivity contribution in [1.82, 2.24) is 10.6 Å². The van der Waals surface area contributed by atoms with Crippen LogP contribution in [0, 0.1) is 0 Å². The SMILES string of the molecule is CN=C(NCCC(F)(F)F)NCC1(c2ccccc2OC)CCCC1. The molecule has 0 aliphatic heterocycles. The zero-order valence-corrected chi connectivity index (χ0v) is 14.7. The summed E-state index contributed by atoms with van der Waals surface area (Å²) in [6, 6.07) is 7.96. The molecule has 0 amide bonds. The fourth-order valence-electron chi connectivity index (χ4n) is 3.47. The molecule has 1 saturated carbocycles. The van der Waals surface area contributed by atoms with Gasteiger partial charge in [0.15, 0.2) is 5.96 Å². The Hall–Kier alpha value is -1.92. The van der Waals surface area contributed by atoms with Crippen LogP contribution in [-0.2, 0) is 5.41 Å². The Balaban J connectivity index is 2.04. The molecular weight excluding hydrogens is 331 g/mol. The number of alkyl halides is 3. The number of halogens is 3. The fraction of sp³-hybridized carbons (Fsp3) is 0.611. The molecule has 2 N–H and O–H groups in total. The topological polar surface area (TPSA) is 45.7 Å². The first-order chi connectivity index (χ1) is 11.9. The molecule has 1 aliphatic rings. The molecule has 2 rings (SSSR count). The van der Waals surface area contributed by atoms with E-state index in [-0.39, 0.29) is 12.0 Å². The van der Waals surface area contributed by atoms with Crippen molar-refractivity contribution in [3.8, 4) is 5.75 Å². The number of para-hydroxylation sites is 1. The molecule has 0 saturated heterocycles. The third-order valence-electron chi connectivity index (χ3n) is 4.76. The van der Waals surface area contributed by atoms with Crippen molar-refractivity contribution in [2.75, 3.05) is 27.2 Å². The summed E-state index contributed by atoms with van der Waals surface area (Å²) in [7, 11) is 3.22. The summed E-state index contributed by atoms with van der Waals surface area (Å²) in [5, 5.41) is 5.94. The minimum Gasteiger partial charge on any atom is -0.496 e. The van der Waals surface area contributed by atoms with E-state index in [1.165, 1.54) is 0 Å². The van der Waals surface area contributed by atoms with Crippen LogP contribution in [0.4, 0.5) is 13.2 Å². The Bertz CT molecular complexity index is 581. The smallest absolute Gasteiger partial charge is 0.390 e. The van der Waals surface area contributed by atoms with E-state index in [1.54, 1.807) is 14.2 Å².